The third kappa shape index (κ3) is 2.74. The van der Waals surface area contributed by atoms with Crippen LogP contribution in [0.5, 0.6) is 0 Å². The Kier molecular flexibility index (Phi) is 3.60. The van der Waals surface area contributed by atoms with E-state index in [1.54, 1.807) is 16.7 Å². The second kappa shape index (κ2) is 5.42. The fraction of sp³-hybridized carbons (Fsp3) is 0.357. The lowest BCUT2D eigenvalue weighted by Crippen LogP contribution is -2.21. The average Bonchev–Trinajstić information content (AvgIpc) is 3.01. The SMILES string of the molecule is Cc1n[nH]c(C)c1CN(C)Cc1cc(=O)n2ccsc2n1. The smallest absolute Gasteiger partial charge is 0.258 e. The molecule has 0 radical (unpaired) electrons. The van der Waals surface area contributed by atoms with E-state index in [1.165, 1.54) is 16.9 Å². The molecule has 0 aliphatic carbocycles. The highest BCUT2D eigenvalue weighted by Gasteiger charge is 2.11. The van der Waals surface area contributed by atoms with Crippen molar-refractivity contribution in [1.29, 1.82) is 0 Å². The minimum absolute atomic E-state index is 0.0275. The molecule has 0 bridgehead atoms. The molecule has 1 N–H and O–H groups in total. The van der Waals surface area contributed by atoms with Crippen LogP contribution in [0.15, 0.2) is 22.4 Å². The molecule has 3 heterocycles. The Morgan fingerprint density at radius 1 is 1.38 bits per heavy atom. The maximum atomic E-state index is 12.0. The number of rotatable bonds is 4. The fourth-order valence-corrected chi connectivity index (χ4v) is 3.12. The predicted molar refractivity (Wildman–Crippen MR) is 82.6 cm³/mol. The number of aromatic amines is 1. The largest absolute Gasteiger partial charge is 0.296 e. The van der Waals surface area contributed by atoms with Gasteiger partial charge in [-0.25, -0.2) is 4.98 Å². The maximum Gasteiger partial charge on any atom is 0.258 e. The Bertz CT molecular complexity index is 812. The van der Waals surface area contributed by atoms with Crippen molar-refractivity contribution >= 4 is 16.3 Å². The van der Waals surface area contributed by atoms with Crippen molar-refractivity contribution in [2.45, 2.75) is 26.9 Å². The molecule has 0 saturated heterocycles. The number of aromatic nitrogens is 4. The van der Waals surface area contributed by atoms with Crippen LogP contribution in [-0.4, -0.2) is 31.5 Å². The quantitative estimate of drug-likeness (QED) is 0.797. The molecule has 0 fully saturated rings. The van der Waals surface area contributed by atoms with Crippen molar-refractivity contribution in [3.8, 4) is 0 Å². The van der Waals surface area contributed by atoms with Gasteiger partial charge in [-0.3, -0.25) is 19.2 Å². The van der Waals surface area contributed by atoms with E-state index in [0.717, 1.165) is 28.6 Å². The second-order valence-corrected chi connectivity index (χ2v) is 6.10. The van der Waals surface area contributed by atoms with E-state index in [0.29, 0.717) is 6.54 Å². The zero-order valence-electron chi connectivity index (χ0n) is 12.3. The highest BCUT2D eigenvalue weighted by molar-refractivity contribution is 7.15. The minimum Gasteiger partial charge on any atom is -0.296 e. The van der Waals surface area contributed by atoms with Crippen molar-refractivity contribution in [1.82, 2.24) is 24.5 Å². The number of aryl methyl sites for hydroxylation is 2. The molecule has 0 saturated carbocycles. The Morgan fingerprint density at radius 3 is 2.90 bits per heavy atom. The number of H-pyrrole nitrogens is 1. The van der Waals surface area contributed by atoms with Gasteiger partial charge in [-0.15, -0.1) is 11.3 Å². The van der Waals surface area contributed by atoms with Gasteiger partial charge in [0, 0.05) is 42.0 Å². The molecule has 0 unspecified atom stereocenters. The van der Waals surface area contributed by atoms with E-state index in [4.69, 9.17) is 0 Å². The molecular formula is C14H17N5OS. The number of fused-ring (bicyclic) bond motifs is 1. The van der Waals surface area contributed by atoms with E-state index in [2.05, 4.69) is 20.1 Å². The van der Waals surface area contributed by atoms with Crippen LogP contribution in [0, 0.1) is 13.8 Å². The van der Waals surface area contributed by atoms with Crippen LogP contribution in [0.25, 0.3) is 4.96 Å². The van der Waals surface area contributed by atoms with Crippen molar-refractivity contribution < 1.29 is 0 Å². The predicted octanol–water partition coefficient (Wildman–Crippen LogP) is 1.73. The number of nitrogens with zero attached hydrogens (tertiary/aromatic N) is 4. The first-order valence-electron chi connectivity index (χ1n) is 6.69. The van der Waals surface area contributed by atoms with Crippen LogP contribution in [0.2, 0.25) is 0 Å². The Balaban J connectivity index is 1.80. The Labute approximate surface area is 126 Å². The first-order chi connectivity index (χ1) is 10.0. The lowest BCUT2D eigenvalue weighted by molar-refractivity contribution is 0.314. The molecule has 0 spiro atoms. The lowest BCUT2D eigenvalue weighted by atomic mass is 10.2. The summed E-state index contributed by atoms with van der Waals surface area (Å²) in [5.41, 5.74) is 4.07. The molecule has 0 aliphatic heterocycles. The summed E-state index contributed by atoms with van der Waals surface area (Å²) in [5, 5.41) is 9.07. The number of nitrogens with one attached hydrogen (secondary N) is 1. The van der Waals surface area contributed by atoms with E-state index < -0.39 is 0 Å². The molecule has 0 amide bonds. The van der Waals surface area contributed by atoms with E-state index in [9.17, 15) is 4.79 Å². The van der Waals surface area contributed by atoms with Crippen LogP contribution in [0.3, 0.4) is 0 Å². The van der Waals surface area contributed by atoms with Crippen molar-refractivity contribution in [2.24, 2.45) is 0 Å². The van der Waals surface area contributed by atoms with Crippen LogP contribution >= 0.6 is 11.3 Å². The topological polar surface area (TPSA) is 66.3 Å². The van der Waals surface area contributed by atoms with Gasteiger partial charge in [-0.1, -0.05) is 0 Å². The van der Waals surface area contributed by atoms with Gasteiger partial charge in [0.15, 0.2) is 4.96 Å². The summed E-state index contributed by atoms with van der Waals surface area (Å²) in [7, 11) is 2.02. The molecule has 0 aliphatic rings. The number of hydrogen-bond donors (Lipinski definition) is 1. The molecule has 21 heavy (non-hydrogen) atoms. The molecule has 3 aromatic heterocycles. The van der Waals surface area contributed by atoms with Crippen LogP contribution < -0.4 is 5.56 Å². The summed E-state index contributed by atoms with van der Waals surface area (Å²) >= 11 is 1.47. The second-order valence-electron chi connectivity index (χ2n) is 5.23. The van der Waals surface area contributed by atoms with Crippen LogP contribution in [0.4, 0.5) is 0 Å². The van der Waals surface area contributed by atoms with Gasteiger partial charge in [0.25, 0.3) is 5.56 Å². The Morgan fingerprint density at radius 2 is 2.19 bits per heavy atom. The zero-order chi connectivity index (χ0) is 15.0. The summed E-state index contributed by atoms with van der Waals surface area (Å²) in [5.74, 6) is 0. The summed E-state index contributed by atoms with van der Waals surface area (Å²) < 4.78 is 1.57. The zero-order valence-corrected chi connectivity index (χ0v) is 13.1. The number of thiazole rings is 1. The van der Waals surface area contributed by atoms with E-state index >= 15 is 0 Å². The molecule has 3 rings (SSSR count). The molecule has 7 heteroatoms. The summed E-state index contributed by atoms with van der Waals surface area (Å²) in [6, 6.07) is 1.60. The standard InChI is InChI=1S/C14H17N5OS/c1-9-12(10(2)17-16-9)8-18(3)7-11-6-13(20)19-4-5-21-14(19)15-11/h4-6H,7-8H2,1-3H3,(H,16,17). The maximum absolute atomic E-state index is 12.0. The summed E-state index contributed by atoms with van der Waals surface area (Å²) in [6.45, 7) is 5.42. The van der Waals surface area contributed by atoms with Crippen molar-refractivity contribution in [2.75, 3.05) is 7.05 Å². The fourth-order valence-electron chi connectivity index (χ4n) is 2.38. The van der Waals surface area contributed by atoms with E-state index in [-0.39, 0.29) is 5.56 Å². The number of hydrogen-bond acceptors (Lipinski definition) is 5. The van der Waals surface area contributed by atoms with Gasteiger partial charge in [0.2, 0.25) is 0 Å². The molecule has 6 nitrogen and oxygen atoms in total. The first kappa shape index (κ1) is 14.0. The van der Waals surface area contributed by atoms with E-state index in [1.807, 2.05) is 26.3 Å². The summed E-state index contributed by atoms with van der Waals surface area (Å²) in [4.78, 5) is 19.4. The minimum atomic E-state index is -0.0275. The van der Waals surface area contributed by atoms with Crippen molar-refractivity contribution in [3.05, 3.63) is 50.6 Å². The first-order valence-corrected chi connectivity index (χ1v) is 7.57. The van der Waals surface area contributed by atoms with Crippen LogP contribution in [-0.2, 0) is 13.1 Å². The normalized spacial score (nSPS) is 11.6. The van der Waals surface area contributed by atoms with Gasteiger partial charge in [-0.2, -0.15) is 5.10 Å². The third-order valence-corrected chi connectivity index (χ3v) is 4.25. The molecule has 0 atom stereocenters. The monoisotopic (exact) mass is 303 g/mol. The lowest BCUT2D eigenvalue weighted by Gasteiger charge is -2.16. The highest BCUT2D eigenvalue weighted by atomic mass is 32.1. The van der Waals surface area contributed by atoms with Gasteiger partial charge in [-0.05, 0) is 20.9 Å². The molecule has 110 valence electrons. The Hall–Kier alpha value is -1.99. The molecule has 3 aromatic rings. The van der Waals surface area contributed by atoms with Gasteiger partial charge < -0.3 is 0 Å². The molecule has 0 aromatic carbocycles. The third-order valence-electron chi connectivity index (χ3n) is 3.50. The van der Waals surface area contributed by atoms with Gasteiger partial charge in [0.1, 0.15) is 0 Å². The molecular weight excluding hydrogens is 286 g/mol. The average molecular weight is 303 g/mol. The van der Waals surface area contributed by atoms with Crippen molar-refractivity contribution in [3.63, 3.8) is 0 Å². The van der Waals surface area contributed by atoms with Crippen LogP contribution in [0.1, 0.15) is 22.6 Å². The highest BCUT2D eigenvalue weighted by Crippen LogP contribution is 2.13. The van der Waals surface area contributed by atoms with Gasteiger partial charge >= 0.3 is 0 Å². The van der Waals surface area contributed by atoms with Gasteiger partial charge in [0.05, 0.1) is 11.4 Å². The summed E-state index contributed by atoms with van der Waals surface area (Å²) in [6.07, 6.45) is 1.75.